The molecule has 1 fully saturated rings. The SMILES string of the molecule is C[C@H]1OCCN[C@@H]1C(=O)N(C)c1ccc(C(C)(C)C)cc1.Cl. The Morgan fingerprint density at radius 2 is 1.86 bits per heavy atom. The van der Waals surface area contributed by atoms with Crippen molar-refractivity contribution in [3.05, 3.63) is 29.8 Å². The molecule has 1 aromatic rings. The lowest BCUT2D eigenvalue weighted by molar-refractivity contribution is -0.126. The molecule has 0 radical (unpaired) electrons. The predicted molar refractivity (Wildman–Crippen MR) is 93.0 cm³/mol. The molecule has 2 atom stereocenters. The smallest absolute Gasteiger partial charge is 0.246 e. The molecule has 1 amide bonds. The third-order valence-electron chi connectivity index (χ3n) is 4.03. The molecule has 1 aromatic carbocycles. The first kappa shape index (κ1) is 18.9. The molecular formula is C17H27ClN2O2. The van der Waals surface area contributed by atoms with Gasteiger partial charge in [0.2, 0.25) is 5.91 Å². The Labute approximate surface area is 139 Å². The Morgan fingerprint density at radius 3 is 2.36 bits per heavy atom. The van der Waals surface area contributed by atoms with Crippen molar-refractivity contribution in [2.45, 2.75) is 45.3 Å². The Kier molecular flexibility index (Phi) is 6.41. The molecule has 2 rings (SSSR count). The van der Waals surface area contributed by atoms with E-state index >= 15 is 0 Å². The van der Waals surface area contributed by atoms with Gasteiger partial charge in [0.1, 0.15) is 6.04 Å². The number of nitrogens with zero attached hydrogens (tertiary/aromatic N) is 1. The molecule has 0 spiro atoms. The largest absolute Gasteiger partial charge is 0.375 e. The molecule has 0 bridgehead atoms. The molecule has 4 nitrogen and oxygen atoms in total. The zero-order valence-corrected chi connectivity index (χ0v) is 14.9. The first-order chi connectivity index (χ1) is 9.80. The second-order valence-corrected chi connectivity index (χ2v) is 6.70. The summed E-state index contributed by atoms with van der Waals surface area (Å²) in [5.74, 6) is 0.0470. The van der Waals surface area contributed by atoms with Crippen molar-refractivity contribution in [3.63, 3.8) is 0 Å². The maximum absolute atomic E-state index is 12.6. The minimum Gasteiger partial charge on any atom is -0.375 e. The van der Waals surface area contributed by atoms with Gasteiger partial charge in [-0.05, 0) is 30.0 Å². The standard InChI is InChI=1S/C17H26N2O2.ClH/c1-12-15(18-10-11-21-12)16(20)19(5)14-8-6-13(7-9-14)17(2,3)4;/h6-9,12,15,18H,10-11H2,1-5H3;1H/t12-,15+;/m1./s1. The van der Waals surface area contributed by atoms with Crippen LogP contribution in [0.1, 0.15) is 33.3 Å². The third-order valence-corrected chi connectivity index (χ3v) is 4.03. The maximum atomic E-state index is 12.6. The number of ether oxygens (including phenoxy) is 1. The van der Waals surface area contributed by atoms with Gasteiger partial charge >= 0.3 is 0 Å². The highest BCUT2D eigenvalue weighted by Gasteiger charge is 2.31. The van der Waals surface area contributed by atoms with Crippen LogP contribution in [-0.2, 0) is 14.9 Å². The number of carbonyl (C=O) groups is 1. The number of nitrogens with one attached hydrogen (secondary N) is 1. The van der Waals surface area contributed by atoms with E-state index in [2.05, 4.69) is 38.2 Å². The summed E-state index contributed by atoms with van der Waals surface area (Å²) in [6.07, 6.45) is -0.0949. The van der Waals surface area contributed by atoms with Crippen LogP contribution in [0.15, 0.2) is 24.3 Å². The number of hydrogen-bond donors (Lipinski definition) is 1. The van der Waals surface area contributed by atoms with Crippen LogP contribution in [0.2, 0.25) is 0 Å². The average molecular weight is 327 g/mol. The number of carbonyl (C=O) groups excluding carboxylic acids is 1. The van der Waals surface area contributed by atoms with Crippen molar-refractivity contribution in [1.82, 2.24) is 5.32 Å². The molecule has 1 aliphatic rings. The summed E-state index contributed by atoms with van der Waals surface area (Å²) in [5.41, 5.74) is 2.29. The number of morpholine rings is 1. The molecule has 1 heterocycles. The summed E-state index contributed by atoms with van der Waals surface area (Å²) in [4.78, 5) is 14.3. The van der Waals surface area contributed by atoms with E-state index in [1.165, 1.54) is 5.56 Å². The van der Waals surface area contributed by atoms with Crippen LogP contribution in [0.4, 0.5) is 5.69 Å². The van der Waals surface area contributed by atoms with Crippen molar-refractivity contribution in [1.29, 1.82) is 0 Å². The molecule has 0 aliphatic carbocycles. The fourth-order valence-corrected chi connectivity index (χ4v) is 2.53. The summed E-state index contributed by atoms with van der Waals surface area (Å²) in [6.45, 7) is 9.86. The highest BCUT2D eigenvalue weighted by Crippen LogP contribution is 2.25. The first-order valence-corrected chi connectivity index (χ1v) is 7.54. The van der Waals surface area contributed by atoms with E-state index in [0.29, 0.717) is 6.61 Å². The Bertz CT molecular complexity index is 496. The van der Waals surface area contributed by atoms with E-state index in [9.17, 15) is 4.79 Å². The van der Waals surface area contributed by atoms with Gasteiger partial charge in [-0.2, -0.15) is 0 Å². The summed E-state index contributed by atoms with van der Waals surface area (Å²) in [7, 11) is 1.82. The van der Waals surface area contributed by atoms with Crippen LogP contribution in [-0.4, -0.2) is 38.3 Å². The van der Waals surface area contributed by atoms with Gasteiger partial charge in [-0.25, -0.2) is 0 Å². The van der Waals surface area contributed by atoms with E-state index < -0.39 is 0 Å². The number of anilines is 1. The van der Waals surface area contributed by atoms with Gasteiger partial charge in [-0.1, -0.05) is 32.9 Å². The van der Waals surface area contributed by atoms with Gasteiger partial charge in [0.15, 0.2) is 0 Å². The van der Waals surface area contributed by atoms with Gasteiger partial charge in [0, 0.05) is 19.3 Å². The van der Waals surface area contributed by atoms with Crippen molar-refractivity contribution in [2.24, 2.45) is 0 Å². The Balaban J connectivity index is 0.00000242. The lowest BCUT2D eigenvalue weighted by Crippen LogP contribution is -2.55. The highest BCUT2D eigenvalue weighted by molar-refractivity contribution is 5.97. The lowest BCUT2D eigenvalue weighted by atomic mass is 9.87. The third kappa shape index (κ3) is 4.22. The van der Waals surface area contributed by atoms with Crippen molar-refractivity contribution >= 4 is 24.0 Å². The molecule has 0 saturated carbocycles. The van der Waals surface area contributed by atoms with Crippen LogP contribution in [0, 0.1) is 0 Å². The second-order valence-electron chi connectivity index (χ2n) is 6.70. The number of hydrogen-bond acceptors (Lipinski definition) is 3. The molecule has 0 unspecified atom stereocenters. The van der Waals surface area contributed by atoms with Gasteiger partial charge in [-0.3, -0.25) is 4.79 Å². The first-order valence-electron chi connectivity index (χ1n) is 7.54. The number of halogens is 1. The molecule has 1 saturated heterocycles. The molecular weight excluding hydrogens is 300 g/mol. The molecule has 1 aliphatic heterocycles. The quantitative estimate of drug-likeness (QED) is 0.908. The summed E-state index contributed by atoms with van der Waals surface area (Å²) >= 11 is 0. The fraction of sp³-hybridized carbons (Fsp3) is 0.588. The second kappa shape index (κ2) is 7.44. The molecule has 22 heavy (non-hydrogen) atoms. The van der Waals surface area contributed by atoms with E-state index in [1.807, 2.05) is 26.1 Å². The molecule has 0 aromatic heterocycles. The molecule has 124 valence electrons. The molecule has 1 N–H and O–H groups in total. The Morgan fingerprint density at radius 1 is 1.27 bits per heavy atom. The van der Waals surface area contributed by atoms with Crippen LogP contribution in [0.25, 0.3) is 0 Å². The van der Waals surface area contributed by atoms with E-state index in [-0.39, 0.29) is 35.9 Å². The van der Waals surface area contributed by atoms with Gasteiger partial charge in [0.25, 0.3) is 0 Å². The lowest BCUT2D eigenvalue weighted by Gasteiger charge is -2.32. The van der Waals surface area contributed by atoms with Gasteiger partial charge < -0.3 is 15.0 Å². The topological polar surface area (TPSA) is 41.6 Å². The minimum absolute atomic E-state index is 0. The van der Waals surface area contributed by atoms with Crippen LogP contribution < -0.4 is 10.2 Å². The van der Waals surface area contributed by atoms with Crippen molar-refractivity contribution in [2.75, 3.05) is 25.1 Å². The van der Waals surface area contributed by atoms with E-state index in [1.54, 1.807) is 4.90 Å². The monoisotopic (exact) mass is 326 g/mol. The van der Waals surface area contributed by atoms with Crippen LogP contribution >= 0.6 is 12.4 Å². The zero-order valence-electron chi connectivity index (χ0n) is 14.1. The van der Waals surface area contributed by atoms with Crippen LogP contribution in [0.5, 0.6) is 0 Å². The van der Waals surface area contributed by atoms with E-state index in [0.717, 1.165) is 12.2 Å². The average Bonchev–Trinajstić information content (AvgIpc) is 2.45. The number of rotatable bonds is 2. The maximum Gasteiger partial charge on any atom is 0.246 e. The van der Waals surface area contributed by atoms with E-state index in [4.69, 9.17) is 4.74 Å². The minimum atomic E-state index is -0.272. The number of benzene rings is 1. The van der Waals surface area contributed by atoms with Crippen LogP contribution in [0.3, 0.4) is 0 Å². The normalized spacial score (nSPS) is 21.9. The summed E-state index contributed by atoms with van der Waals surface area (Å²) < 4.78 is 5.55. The number of likely N-dealkylation sites (N-methyl/N-ethyl adjacent to an activating group) is 1. The highest BCUT2D eigenvalue weighted by atomic mass is 35.5. The zero-order chi connectivity index (χ0) is 15.6. The van der Waals surface area contributed by atoms with Gasteiger partial charge in [-0.15, -0.1) is 12.4 Å². The fourth-order valence-electron chi connectivity index (χ4n) is 2.53. The van der Waals surface area contributed by atoms with Gasteiger partial charge in [0.05, 0.1) is 12.7 Å². The summed E-state index contributed by atoms with van der Waals surface area (Å²) in [5, 5.41) is 3.24. The predicted octanol–water partition coefficient (Wildman–Crippen LogP) is 2.75. The molecule has 5 heteroatoms. The summed E-state index contributed by atoms with van der Waals surface area (Å²) in [6, 6.07) is 7.92. The van der Waals surface area contributed by atoms with Crippen molar-refractivity contribution < 1.29 is 9.53 Å². The number of amides is 1. The van der Waals surface area contributed by atoms with Crippen molar-refractivity contribution in [3.8, 4) is 0 Å². The Hall–Kier alpha value is -1.10.